The van der Waals surface area contributed by atoms with E-state index in [0.29, 0.717) is 0 Å². The lowest BCUT2D eigenvalue weighted by molar-refractivity contribution is 0.670. The molecule has 0 aliphatic rings. The van der Waals surface area contributed by atoms with Gasteiger partial charge < -0.3 is 13.7 Å². The lowest BCUT2D eigenvalue weighted by Gasteiger charge is -2.26. The summed E-state index contributed by atoms with van der Waals surface area (Å²) in [4.78, 5) is 2.32. The third-order valence-electron chi connectivity index (χ3n) is 11.8. The zero-order chi connectivity index (χ0) is 38.9. The third kappa shape index (κ3) is 5.44. The van der Waals surface area contributed by atoms with E-state index >= 15 is 0 Å². The van der Waals surface area contributed by atoms with E-state index in [-0.39, 0.29) is 0 Å². The summed E-state index contributed by atoms with van der Waals surface area (Å²) in [5.74, 6) is 0. The minimum Gasteiger partial charge on any atom is -0.455 e. The predicted octanol–water partition coefficient (Wildman–Crippen LogP) is 16.3. The van der Waals surface area contributed by atoms with Crippen LogP contribution < -0.4 is 4.90 Å². The van der Waals surface area contributed by atoms with Crippen LogP contribution in [0.25, 0.3) is 98.8 Å². The van der Waals surface area contributed by atoms with Gasteiger partial charge in [-0.25, -0.2) is 0 Å². The number of benzene rings is 10. The number of para-hydroxylation sites is 3. The van der Waals surface area contributed by atoms with Crippen molar-refractivity contribution in [2.75, 3.05) is 4.90 Å². The quantitative estimate of drug-likeness (QED) is 0.169. The highest BCUT2D eigenvalue weighted by Gasteiger charge is 2.23. The number of hydrogen-bond donors (Lipinski definition) is 0. The van der Waals surface area contributed by atoms with Gasteiger partial charge in [-0.05, 0) is 92.3 Å². The zero-order valence-corrected chi connectivity index (χ0v) is 32.0. The Morgan fingerprint density at radius 3 is 1.69 bits per heavy atom. The van der Waals surface area contributed by atoms with E-state index in [1.165, 1.54) is 27.1 Å². The van der Waals surface area contributed by atoms with Gasteiger partial charge in [0.15, 0.2) is 5.58 Å². The number of nitrogens with zero attached hydrogens (tertiary/aromatic N) is 1. The summed E-state index contributed by atoms with van der Waals surface area (Å²) >= 11 is 0. The van der Waals surface area contributed by atoms with Gasteiger partial charge in [0.1, 0.15) is 16.7 Å². The first-order valence-corrected chi connectivity index (χ1v) is 20.1. The van der Waals surface area contributed by atoms with Crippen LogP contribution in [0.4, 0.5) is 17.1 Å². The number of furan rings is 2. The van der Waals surface area contributed by atoms with Gasteiger partial charge in [-0.3, -0.25) is 0 Å². The second-order valence-electron chi connectivity index (χ2n) is 15.2. The van der Waals surface area contributed by atoms with E-state index < -0.39 is 0 Å². The molecule has 0 saturated carbocycles. The van der Waals surface area contributed by atoms with Crippen LogP contribution in [-0.2, 0) is 0 Å². The molecule has 0 amide bonds. The van der Waals surface area contributed by atoms with E-state index in [1.54, 1.807) is 0 Å². The summed E-state index contributed by atoms with van der Waals surface area (Å²) in [5.41, 5.74) is 13.3. The molecular formula is C56H35NO2. The van der Waals surface area contributed by atoms with Crippen molar-refractivity contribution in [3.05, 3.63) is 212 Å². The molecule has 2 heterocycles. The minimum atomic E-state index is 0.836. The lowest BCUT2D eigenvalue weighted by Crippen LogP contribution is -2.10. The van der Waals surface area contributed by atoms with Crippen LogP contribution in [0, 0.1) is 0 Å². The molecule has 3 nitrogen and oxygen atoms in total. The average molecular weight is 754 g/mol. The highest BCUT2D eigenvalue weighted by atomic mass is 16.3. The Balaban J connectivity index is 1.06. The van der Waals surface area contributed by atoms with E-state index in [1.807, 2.05) is 12.1 Å². The molecule has 276 valence electrons. The van der Waals surface area contributed by atoms with E-state index in [2.05, 4.69) is 205 Å². The van der Waals surface area contributed by atoms with Gasteiger partial charge in [0, 0.05) is 44.0 Å². The van der Waals surface area contributed by atoms with Gasteiger partial charge in [0.05, 0.1) is 5.69 Å². The Labute approximate surface area is 340 Å². The molecule has 0 N–H and O–H groups in total. The van der Waals surface area contributed by atoms with Crippen molar-refractivity contribution in [3.63, 3.8) is 0 Å². The molecular weight excluding hydrogens is 719 g/mol. The predicted molar refractivity (Wildman–Crippen MR) is 247 cm³/mol. The lowest BCUT2D eigenvalue weighted by atomic mass is 9.94. The minimum absolute atomic E-state index is 0.836. The Morgan fingerprint density at radius 2 is 0.898 bits per heavy atom. The molecule has 2 aromatic heterocycles. The average Bonchev–Trinajstić information content (AvgIpc) is 3.88. The molecule has 0 bridgehead atoms. The van der Waals surface area contributed by atoms with Crippen LogP contribution in [0.1, 0.15) is 0 Å². The molecule has 0 saturated heterocycles. The first-order chi connectivity index (χ1) is 29.2. The van der Waals surface area contributed by atoms with Crippen molar-refractivity contribution in [2.45, 2.75) is 0 Å². The van der Waals surface area contributed by atoms with Gasteiger partial charge >= 0.3 is 0 Å². The van der Waals surface area contributed by atoms with Gasteiger partial charge in [0.2, 0.25) is 0 Å². The largest absolute Gasteiger partial charge is 0.455 e. The van der Waals surface area contributed by atoms with Crippen LogP contribution in [0.5, 0.6) is 0 Å². The molecule has 0 unspecified atom stereocenters. The number of rotatable bonds is 6. The topological polar surface area (TPSA) is 29.5 Å². The molecule has 0 aliphatic carbocycles. The maximum absolute atomic E-state index is 7.22. The summed E-state index contributed by atoms with van der Waals surface area (Å²) in [5, 5.41) is 9.18. The summed E-state index contributed by atoms with van der Waals surface area (Å²) in [7, 11) is 0. The van der Waals surface area contributed by atoms with Gasteiger partial charge in [0.25, 0.3) is 0 Å². The Morgan fingerprint density at radius 1 is 0.305 bits per heavy atom. The smallest absolute Gasteiger partial charge is 0.159 e. The standard InChI is InChI=1S/C56H35NO2/c1-2-12-36(13-3-1)38-26-30-43(31-27-38)57(44-32-28-39(29-33-44)46-19-10-20-48-47-18-8-9-23-52(47)58-54(46)48)51-22-11-21-49-50-35-41-16-6-7-17-45(41)53(56(50)59-55(49)51)42-25-24-37-14-4-5-15-40(37)34-42/h1-35H. The van der Waals surface area contributed by atoms with Crippen LogP contribution in [0.3, 0.4) is 0 Å². The molecule has 59 heavy (non-hydrogen) atoms. The first-order valence-electron chi connectivity index (χ1n) is 20.1. The molecule has 0 spiro atoms. The van der Waals surface area contributed by atoms with Crippen molar-refractivity contribution in [2.24, 2.45) is 0 Å². The molecule has 0 atom stereocenters. The number of fused-ring (bicyclic) bond motifs is 8. The monoisotopic (exact) mass is 753 g/mol. The normalized spacial score (nSPS) is 11.7. The fraction of sp³-hybridized carbons (Fsp3) is 0. The summed E-state index contributed by atoms with van der Waals surface area (Å²) in [6.07, 6.45) is 0. The molecule has 10 aromatic carbocycles. The summed E-state index contributed by atoms with van der Waals surface area (Å²) in [6.45, 7) is 0. The zero-order valence-electron chi connectivity index (χ0n) is 32.0. The molecule has 0 aliphatic heterocycles. The van der Waals surface area contributed by atoms with Crippen molar-refractivity contribution in [3.8, 4) is 33.4 Å². The molecule has 3 heteroatoms. The molecule has 0 fully saturated rings. The van der Waals surface area contributed by atoms with Crippen molar-refractivity contribution < 1.29 is 8.83 Å². The third-order valence-corrected chi connectivity index (χ3v) is 11.8. The SMILES string of the molecule is c1ccc(-c2ccc(N(c3ccc(-c4cccc5c4oc4ccccc45)cc3)c3cccc4c3oc3c(-c5ccc6ccccc6c5)c5ccccc5cc34)cc2)cc1. The first kappa shape index (κ1) is 33.3. The van der Waals surface area contributed by atoms with Crippen molar-refractivity contribution in [1.82, 2.24) is 0 Å². The van der Waals surface area contributed by atoms with E-state index in [9.17, 15) is 0 Å². The number of anilines is 3. The second-order valence-corrected chi connectivity index (χ2v) is 15.2. The van der Waals surface area contributed by atoms with Gasteiger partial charge in [-0.15, -0.1) is 0 Å². The highest BCUT2D eigenvalue weighted by Crippen LogP contribution is 2.47. The second kappa shape index (κ2) is 13.4. The maximum Gasteiger partial charge on any atom is 0.159 e. The summed E-state index contributed by atoms with van der Waals surface area (Å²) in [6, 6.07) is 75.6. The Bertz CT molecular complexity index is 3540. The van der Waals surface area contributed by atoms with Crippen LogP contribution >= 0.6 is 0 Å². The van der Waals surface area contributed by atoms with E-state index in [0.717, 1.165) is 88.8 Å². The van der Waals surface area contributed by atoms with Gasteiger partial charge in [-0.2, -0.15) is 0 Å². The van der Waals surface area contributed by atoms with E-state index in [4.69, 9.17) is 8.83 Å². The van der Waals surface area contributed by atoms with Crippen LogP contribution in [0.15, 0.2) is 221 Å². The molecule has 12 rings (SSSR count). The van der Waals surface area contributed by atoms with Crippen LogP contribution in [0.2, 0.25) is 0 Å². The van der Waals surface area contributed by atoms with Crippen molar-refractivity contribution >= 4 is 82.5 Å². The van der Waals surface area contributed by atoms with Crippen LogP contribution in [-0.4, -0.2) is 0 Å². The van der Waals surface area contributed by atoms with Crippen molar-refractivity contribution in [1.29, 1.82) is 0 Å². The van der Waals surface area contributed by atoms with Gasteiger partial charge in [-0.1, -0.05) is 164 Å². The Hall–Kier alpha value is -7.88. The summed E-state index contributed by atoms with van der Waals surface area (Å²) < 4.78 is 13.7. The molecule has 0 radical (unpaired) electrons. The highest BCUT2D eigenvalue weighted by molar-refractivity contribution is 6.20. The fourth-order valence-electron chi connectivity index (χ4n) is 9.01. The Kier molecular flexibility index (Phi) is 7.54. The molecule has 12 aromatic rings. The fourth-order valence-corrected chi connectivity index (χ4v) is 9.01. The number of hydrogen-bond acceptors (Lipinski definition) is 3. The maximum atomic E-state index is 7.22.